The van der Waals surface area contributed by atoms with Crippen LogP contribution in [0.25, 0.3) is 11.0 Å². The van der Waals surface area contributed by atoms with Gasteiger partial charge in [0.05, 0.1) is 20.3 Å². The maximum absolute atomic E-state index is 8.88. The molecule has 0 saturated carbocycles. The molecule has 2 N–H and O–H groups in total. The summed E-state index contributed by atoms with van der Waals surface area (Å²) in [7, 11) is 1.61. The van der Waals surface area contributed by atoms with E-state index >= 15 is 0 Å². The maximum Gasteiger partial charge on any atom is 0.161 e. The highest BCUT2D eigenvalue weighted by atomic mass is 16.5. The van der Waals surface area contributed by atoms with Crippen LogP contribution in [-0.4, -0.2) is 25.4 Å². The Balaban J connectivity index is 1.66. The summed E-state index contributed by atoms with van der Waals surface area (Å²) in [5.41, 5.74) is 1.99. The summed E-state index contributed by atoms with van der Waals surface area (Å²) in [6, 6.07) is 16.0. The number of aliphatic hydroxyl groups is 1. The van der Waals surface area contributed by atoms with Gasteiger partial charge in [-0.25, -0.2) is 0 Å². The van der Waals surface area contributed by atoms with Crippen LogP contribution in [-0.2, 0) is 6.54 Å². The van der Waals surface area contributed by atoms with Gasteiger partial charge in [-0.3, -0.25) is 0 Å². The fourth-order valence-electron chi connectivity index (χ4n) is 2.72. The standard InChI is InChI=1S/C20H23NO4/c1-14(15-7-8-19(24-10-9-22)20(12-15)23-2)21-13-17-11-16-5-3-4-6-18(16)25-17/h3-8,11-12,14,21-22H,9-10,13H2,1-2H3/t14-/m0/s1. The fraction of sp³-hybridized carbons (Fsp3) is 0.300. The molecule has 0 spiro atoms. The van der Waals surface area contributed by atoms with Crippen molar-refractivity contribution in [2.45, 2.75) is 19.5 Å². The van der Waals surface area contributed by atoms with Gasteiger partial charge < -0.3 is 24.3 Å². The molecule has 0 aliphatic heterocycles. The van der Waals surface area contributed by atoms with Gasteiger partial charge in [0.2, 0.25) is 0 Å². The molecule has 0 amide bonds. The minimum Gasteiger partial charge on any atom is -0.493 e. The summed E-state index contributed by atoms with van der Waals surface area (Å²) in [5, 5.41) is 13.5. The van der Waals surface area contributed by atoms with E-state index in [0.717, 1.165) is 22.3 Å². The first-order valence-corrected chi connectivity index (χ1v) is 8.33. The third kappa shape index (κ3) is 4.13. The van der Waals surface area contributed by atoms with E-state index in [1.54, 1.807) is 7.11 Å². The van der Waals surface area contributed by atoms with E-state index in [-0.39, 0.29) is 19.3 Å². The molecule has 3 rings (SSSR count). The van der Waals surface area contributed by atoms with Crippen LogP contribution in [0.4, 0.5) is 0 Å². The molecule has 0 bridgehead atoms. The normalized spacial score (nSPS) is 12.3. The van der Waals surface area contributed by atoms with Crippen LogP contribution in [0.2, 0.25) is 0 Å². The highest BCUT2D eigenvalue weighted by molar-refractivity contribution is 5.77. The van der Waals surface area contributed by atoms with E-state index in [9.17, 15) is 0 Å². The molecule has 2 aromatic carbocycles. The van der Waals surface area contributed by atoms with E-state index in [1.807, 2.05) is 42.5 Å². The first-order valence-electron chi connectivity index (χ1n) is 8.33. The molecule has 5 nitrogen and oxygen atoms in total. The number of rotatable bonds is 8. The summed E-state index contributed by atoms with van der Waals surface area (Å²) in [4.78, 5) is 0. The molecule has 0 radical (unpaired) electrons. The van der Waals surface area contributed by atoms with E-state index in [1.165, 1.54) is 0 Å². The lowest BCUT2D eigenvalue weighted by Gasteiger charge is -2.16. The van der Waals surface area contributed by atoms with Gasteiger partial charge in [0.15, 0.2) is 11.5 Å². The molecule has 0 aliphatic rings. The Bertz CT molecular complexity index is 794. The Morgan fingerprint density at radius 2 is 1.96 bits per heavy atom. The molecule has 132 valence electrons. The predicted molar refractivity (Wildman–Crippen MR) is 97.0 cm³/mol. The number of aliphatic hydroxyl groups excluding tert-OH is 1. The quantitative estimate of drug-likeness (QED) is 0.655. The average molecular weight is 341 g/mol. The van der Waals surface area contributed by atoms with Crippen LogP contribution >= 0.6 is 0 Å². The van der Waals surface area contributed by atoms with Crippen LogP contribution in [0.15, 0.2) is 52.9 Å². The lowest BCUT2D eigenvalue weighted by Crippen LogP contribution is -2.17. The zero-order valence-electron chi connectivity index (χ0n) is 14.5. The minimum atomic E-state index is -0.0274. The number of benzene rings is 2. The van der Waals surface area contributed by atoms with E-state index < -0.39 is 0 Å². The van der Waals surface area contributed by atoms with Gasteiger partial charge >= 0.3 is 0 Å². The van der Waals surface area contributed by atoms with E-state index in [0.29, 0.717) is 18.0 Å². The lowest BCUT2D eigenvalue weighted by molar-refractivity contribution is 0.196. The number of para-hydroxylation sites is 1. The first-order chi connectivity index (χ1) is 12.2. The second-order valence-electron chi connectivity index (χ2n) is 5.84. The van der Waals surface area contributed by atoms with Crippen molar-refractivity contribution in [3.05, 3.63) is 59.9 Å². The van der Waals surface area contributed by atoms with Gasteiger partial charge in [-0.2, -0.15) is 0 Å². The summed E-state index contributed by atoms with van der Waals surface area (Å²) >= 11 is 0. The van der Waals surface area contributed by atoms with Crippen LogP contribution in [0.3, 0.4) is 0 Å². The Labute approximate surface area is 147 Å². The molecule has 5 heteroatoms. The van der Waals surface area contributed by atoms with Crippen molar-refractivity contribution in [3.63, 3.8) is 0 Å². The number of methoxy groups -OCH3 is 1. The third-order valence-corrected chi connectivity index (χ3v) is 4.10. The average Bonchev–Trinajstić information content (AvgIpc) is 3.07. The third-order valence-electron chi connectivity index (χ3n) is 4.10. The van der Waals surface area contributed by atoms with Crippen molar-refractivity contribution in [2.24, 2.45) is 0 Å². The first kappa shape index (κ1) is 17.3. The van der Waals surface area contributed by atoms with E-state index in [4.69, 9.17) is 19.0 Å². The topological polar surface area (TPSA) is 63.9 Å². The monoisotopic (exact) mass is 341 g/mol. The Kier molecular flexibility index (Phi) is 5.58. The van der Waals surface area contributed by atoms with Crippen molar-refractivity contribution >= 4 is 11.0 Å². The number of nitrogens with one attached hydrogen (secondary N) is 1. The molecular weight excluding hydrogens is 318 g/mol. The second kappa shape index (κ2) is 8.05. The van der Waals surface area contributed by atoms with Gasteiger partial charge in [0.1, 0.15) is 18.0 Å². The van der Waals surface area contributed by atoms with Crippen LogP contribution in [0.1, 0.15) is 24.3 Å². The van der Waals surface area contributed by atoms with Crippen LogP contribution in [0.5, 0.6) is 11.5 Å². The summed E-state index contributed by atoms with van der Waals surface area (Å²) in [6.07, 6.45) is 0. The van der Waals surface area contributed by atoms with Crippen molar-refractivity contribution in [2.75, 3.05) is 20.3 Å². The SMILES string of the molecule is COc1cc([C@H](C)NCc2cc3ccccc3o2)ccc1OCCO. The van der Waals surface area contributed by atoms with Crippen LogP contribution in [0, 0.1) is 0 Å². The number of hydrogen-bond acceptors (Lipinski definition) is 5. The molecule has 0 saturated heterocycles. The maximum atomic E-state index is 8.88. The molecular formula is C20H23NO4. The molecule has 0 aliphatic carbocycles. The Morgan fingerprint density at radius 1 is 1.12 bits per heavy atom. The Hall–Kier alpha value is -2.50. The highest BCUT2D eigenvalue weighted by Crippen LogP contribution is 2.30. The van der Waals surface area contributed by atoms with Crippen molar-refractivity contribution in [1.29, 1.82) is 0 Å². The molecule has 1 atom stereocenters. The smallest absolute Gasteiger partial charge is 0.161 e. The number of hydrogen-bond donors (Lipinski definition) is 2. The summed E-state index contributed by atoms with van der Waals surface area (Å²) in [5.74, 6) is 2.19. The van der Waals surface area contributed by atoms with Crippen LogP contribution < -0.4 is 14.8 Å². The van der Waals surface area contributed by atoms with Crippen molar-refractivity contribution < 1.29 is 19.0 Å². The summed E-state index contributed by atoms with van der Waals surface area (Å²) in [6.45, 7) is 2.95. The molecule has 1 heterocycles. The van der Waals surface area contributed by atoms with Gasteiger partial charge in [-0.15, -0.1) is 0 Å². The molecule has 1 aromatic heterocycles. The largest absolute Gasteiger partial charge is 0.493 e. The molecule has 3 aromatic rings. The number of ether oxygens (including phenoxy) is 2. The molecule has 0 unspecified atom stereocenters. The zero-order valence-corrected chi connectivity index (χ0v) is 14.5. The zero-order chi connectivity index (χ0) is 17.6. The number of fused-ring (bicyclic) bond motifs is 1. The van der Waals surface area contributed by atoms with Crippen molar-refractivity contribution in [3.8, 4) is 11.5 Å². The highest BCUT2D eigenvalue weighted by Gasteiger charge is 2.11. The van der Waals surface area contributed by atoms with Gasteiger partial charge in [0.25, 0.3) is 0 Å². The van der Waals surface area contributed by atoms with Gasteiger partial charge in [-0.05, 0) is 36.8 Å². The summed E-state index contributed by atoms with van der Waals surface area (Å²) < 4.78 is 16.7. The van der Waals surface area contributed by atoms with Gasteiger partial charge in [-0.1, -0.05) is 24.3 Å². The van der Waals surface area contributed by atoms with Gasteiger partial charge in [0, 0.05) is 11.4 Å². The molecule has 25 heavy (non-hydrogen) atoms. The van der Waals surface area contributed by atoms with Crippen molar-refractivity contribution in [1.82, 2.24) is 5.32 Å². The Morgan fingerprint density at radius 3 is 2.72 bits per heavy atom. The predicted octanol–water partition coefficient (Wildman–Crippen LogP) is 3.66. The van der Waals surface area contributed by atoms with E-state index in [2.05, 4.69) is 18.3 Å². The fourth-order valence-corrected chi connectivity index (χ4v) is 2.72. The lowest BCUT2D eigenvalue weighted by atomic mass is 10.1. The second-order valence-corrected chi connectivity index (χ2v) is 5.84. The number of furan rings is 1. The molecule has 0 fully saturated rings. The minimum absolute atomic E-state index is 0.0274.